The number of fused-ring (bicyclic) bond motifs is 2. The van der Waals surface area contributed by atoms with Crippen molar-refractivity contribution in [3.8, 4) is 0 Å². The number of halogens is 2. The number of thiophene rings is 2. The topological polar surface area (TPSA) is 0 Å². The molecule has 0 unspecified atom stereocenters. The van der Waals surface area contributed by atoms with E-state index in [9.17, 15) is 0 Å². The predicted octanol–water partition coefficient (Wildman–Crippen LogP) is 6.35. The normalized spacial score (nSPS) is 11.8. The van der Waals surface area contributed by atoms with Gasteiger partial charge in [-0.2, -0.15) is 0 Å². The monoisotopic (exact) mass is 300 g/mol. The Morgan fingerprint density at radius 1 is 0.941 bits per heavy atom. The van der Waals surface area contributed by atoms with Crippen molar-refractivity contribution in [1.82, 2.24) is 0 Å². The highest BCUT2D eigenvalue weighted by Crippen LogP contribution is 2.45. The SMILES string of the molecule is Cc1sc2c(C)c3c(Cl)c(C)sc3cc2c1Cl. The molecule has 0 aliphatic rings. The second-order valence-corrected chi connectivity index (χ2v) is 7.43. The first-order chi connectivity index (χ1) is 8.00. The average Bonchev–Trinajstić information content (AvgIpc) is 2.71. The molecule has 0 spiro atoms. The van der Waals surface area contributed by atoms with Gasteiger partial charge < -0.3 is 0 Å². The number of benzene rings is 1. The van der Waals surface area contributed by atoms with Gasteiger partial charge in [0.2, 0.25) is 0 Å². The lowest BCUT2D eigenvalue weighted by Gasteiger charge is -2.00. The van der Waals surface area contributed by atoms with Gasteiger partial charge in [0.1, 0.15) is 0 Å². The molecule has 0 amide bonds. The lowest BCUT2D eigenvalue weighted by atomic mass is 10.1. The van der Waals surface area contributed by atoms with Crippen LogP contribution >= 0.6 is 45.9 Å². The summed E-state index contributed by atoms with van der Waals surface area (Å²) in [4.78, 5) is 2.35. The standard InChI is InChI=1S/C13H10Cl2S2/c1-5-10-9(16-7(3)12(10)15)4-8-11(14)6(2)17-13(5)8/h4H,1-3H3. The Morgan fingerprint density at radius 3 is 2.29 bits per heavy atom. The molecule has 0 atom stereocenters. The predicted molar refractivity (Wildman–Crippen MR) is 81.4 cm³/mol. The molecule has 0 bridgehead atoms. The van der Waals surface area contributed by atoms with E-state index in [-0.39, 0.29) is 0 Å². The smallest absolute Gasteiger partial charge is 0.0624 e. The zero-order valence-corrected chi connectivity index (χ0v) is 12.8. The highest BCUT2D eigenvalue weighted by Gasteiger charge is 2.16. The summed E-state index contributed by atoms with van der Waals surface area (Å²) in [5, 5.41) is 4.14. The molecule has 2 heterocycles. The first-order valence-electron chi connectivity index (χ1n) is 5.27. The van der Waals surface area contributed by atoms with Crippen LogP contribution in [0.5, 0.6) is 0 Å². The fraction of sp³-hybridized carbons (Fsp3) is 0.231. The van der Waals surface area contributed by atoms with Crippen LogP contribution in [-0.2, 0) is 0 Å². The van der Waals surface area contributed by atoms with E-state index in [2.05, 4.69) is 26.8 Å². The molecule has 0 saturated carbocycles. The minimum absolute atomic E-state index is 0.886. The van der Waals surface area contributed by atoms with Gasteiger partial charge in [-0.1, -0.05) is 23.2 Å². The van der Waals surface area contributed by atoms with E-state index < -0.39 is 0 Å². The van der Waals surface area contributed by atoms with Gasteiger partial charge in [-0.05, 0) is 32.4 Å². The molecule has 0 fully saturated rings. The Labute approximate surface area is 118 Å². The number of rotatable bonds is 0. The minimum atomic E-state index is 0.886. The maximum Gasteiger partial charge on any atom is 0.0624 e. The molecule has 0 radical (unpaired) electrons. The van der Waals surface area contributed by atoms with E-state index in [0.29, 0.717) is 0 Å². The molecule has 0 N–H and O–H groups in total. The van der Waals surface area contributed by atoms with E-state index >= 15 is 0 Å². The van der Waals surface area contributed by atoms with Crippen LogP contribution in [0.15, 0.2) is 6.07 Å². The Balaban J connectivity index is 2.61. The van der Waals surface area contributed by atoms with Gasteiger partial charge in [-0.25, -0.2) is 0 Å². The molecular weight excluding hydrogens is 291 g/mol. The van der Waals surface area contributed by atoms with E-state index in [1.54, 1.807) is 22.7 Å². The summed E-state index contributed by atoms with van der Waals surface area (Å²) in [6.45, 7) is 6.26. The van der Waals surface area contributed by atoms with Crippen LogP contribution in [0.4, 0.5) is 0 Å². The maximum atomic E-state index is 6.38. The summed E-state index contributed by atoms with van der Waals surface area (Å²) in [7, 11) is 0. The average molecular weight is 301 g/mol. The van der Waals surface area contributed by atoms with Crippen LogP contribution in [0.1, 0.15) is 15.3 Å². The van der Waals surface area contributed by atoms with Crippen molar-refractivity contribution in [2.45, 2.75) is 20.8 Å². The van der Waals surface area contributed by atoms with Gasteiger partial charge in [-0.15, -0.1) is 22.7 Å². The van der Waals surface area contributed by atoms with Crippen LogP contribution in [0.25, 0.3) is 20.2 Å². The molecule has 2 aromatic heterocycles. The molecule has 3 rings (SSSR count). The highest BCUT2D eigenvalue weighted by molar-refractivity contribution is 7.21. The summed E-state index contributed by atoms with van der Waals surface area (Å²) in [6.07, 6.45) is 0. The Morgan fingerprint density at radius 2 is 1.59 bits per heavy atom. The van der Waals surface area contributed by atoms with Crippen LogP contribution in [0.2, 0.25) is 10.0 Å². The lowest BCUT2D eigenvalue weighted by Crippen LogP contribution is -1.75. The quantitative estimate of drug-likeness (QED) is 0.454. The van der Waals surface area contributed by atoms with E-state index in [1.165, 1.54) is 30.1 Å². The first-order valence-corrected chi connectivity index (χ1v) is 7.66. The van der Waals surface area contributed by atoms with Crippen LogP contribution in [0, 0.1) is 20.8 Å². The van der Waals surface area contributed by atoms with Gasteiger partial charge in [0, 0.05) is 29.9 Å². The Bertz CT molecular complexity index is 750. The second-order valence-electron chi connectivity index (χ2n) is 4.20. The van der Waals surface area contributed by atoms with Crippen molar-refractivity contribution in [3.05, 3.63) is 31.4 Å². The van der Waals surface area contributed by atoms with Crippen LogP contribution in [0.3, 0.4) is 0 Å². The minimum Gasteiger partial charge on any atom is -0.139 e. The molecule has 0 aliphatic carbocycles. The van der Waals surface area contributed by atoms with Gasteiger partial charge in [0.05, 0.1) is 10.0 Å². The molecular formula is C13H10Cl2S2. The fourth-order valence-corrected chi connectivity index (χ4v) is 5.01. The van der Waals surface area contributed by atoms with Crippen molar-refractivity contribution >= 4 is 66.0 Å². The summed E-state index contributed by atoms with van der Waals surface area (Å²) in [6, 6.07) is 2.17. The van der Waals surface area contributed by atoms with Crippen molar-refractivity contribution < 1.29 is 0 Å². The molecule has 0 nitrogen and oxygen atoms in total. The maximum absolute atomic E-state index is 6.38. The molecule has 88 valence electrons. The number of hydrogen-bond donors (Lipinski definition) is 0. The molecule has 1 aromatic carbocycles. The summed E-state index contributed by atoms with van der Waals surface area (Å²) < 4.78 is 2.50. The zero-order valence-electron chi connectivity index (χ0n) is 9.65. The first kappa shape index (κ1) is 11.8. The van der Waals surface area contributed by atoms with Gasteiger partial charge in [0.15, 0.2) is 0 Å². The summed E-state index contributed by atoms with van der Waals surface area (Å²) in [5.74, 6) is 0. The fourth-order valence-electron chi connectivity index (χ4n) is 2.19. The molecule has 0 saturated heterocycles. The van der Waals surface area contributed by atoms with E-state index in [1.807, 2.05) is 0 Å². The molecule has 4 heteroatoms. The number of aryl methyl sites for hydroxylation is 3. The van der Waals surface area contributed by atoms with Crippen molar-refractivity contribution in [2.24, 2.45) is 0 Å². The third-order valence-corrected chi connectivity index (χ3v) is 6.55. The Kier molecular flexibility index (Phi) is 2.67. The third kappa shape index (κ3) is 1.55. The van der Waals surface area contributed by atoms with Crippen molar-refractivity contribution in [2.75, 3.05) is 0 Å². The summed E-state index contributed by atoms with van der Waals surface area (Å²) >= 11 is 16.2. The molecule has 17 heavy (non-hydrogen) atoms. The van der Waals surface area contributed by atoms with Gasteiger partial charge >= 0.3 is 0 Å². The highest BCUT2D eigenvalue weighted by atomic mass is 35.5. The van der Waals surface area contributed by atoms with Crippen LogP contribution in [-0.4, -0.2) is 0 Å². The van der Waals surface area contributed by atoms with E-state index in [4.69, 9.17) is 23.2 Å². The lowest BCUT2D eigenvalue weighted by molar-refractivity contribution is 1.60. The second kappa shape index (κ2) is 3.86. The largest absolute Gasteiger partial charge is 0.139 e. The third-order valence-electron chi connectivity index (χ3n) is 3.07. The Hall–Kier alpha value is -0.280. The van der Waals surface area contributed by atoms with Crippen molar-refractivity contribution in [3.63, 3.8) is 0 Å². The van der Waals surface area contributed by atoms with Crippen LogP contribution < -0.4 is 0 Å². The summed E-state index contributed by atoms with van der Waals surface area (Å²) in [5.41, 5.74) is 1.26. The number of hydrogen-bond acceptors (Lipinski definition) is 2. The van der Waals surface area contributed by atoms with Crippen molar-refractivity contribution in [1.29, 1.82) is 0 Å². The molecule has 3 aromatic rings. The van der Waals surface area contributed by atoms with Gasteiger partial charge in [-0.3, -0.25) is 0 Å². The van der Waals surface area contributed by atoms with Gasteiger partial charge in [0.25, 0.3) is 0 Å². The molecule has 0 aliphatic heterocycles. The zero-order chi connectivity index (χ0) is 12.3. The van der Waals surface area contributed by atoms with E-state index in [0.717, 1.165) is 15.4 Å².